The van der Waals surface area contributed by atoms with Crippen LogP contribution in [0.1, 0.15) is 20.7 Å². The van der Waals surface area contributed by atoms with Gasteiger partial charge in [0.05, 0.1) is 18.2 Å². The summed E-state index contributed by atoms with van der Waals surface area (Å²) in [6.07, 6.45) is 0. The van der Waals surface area contributed by atoms with Crippen LogP contribution in [0.25, 0.3) is 0 Å². The summed E-state index contributed by atoms with van der Waals surface area (Å²) < 4.78 is 5.45. The van der Waals surface area contributed by atoms with Gasteiger partial charge in [0, 0.05) is 4.47 Å². The lowest BCUT2D eigenvalue weighted by Gasteiger charge is -2.09. The molecule has 0 bridgehead atoms. The first-order valence-corrected chi connectivity index (χ1v) is 5.29. The molecule has 0 unspecified atom stereocenters. The van der Waals surface area contributed by atoms with Crippen LogP contribution in [0.2, 0.25) is 0 Å². The molecule has 6 heteroatoms. The van der Waals surface area contributed by atoms with Crippen molar-refractivity contribution >= 4 is 49.6 Å². The van der Waals surface area contributed by atoms with E-state index in [-0.39, 0.29) is 16.9 Å². The number of ether oxygens (including phenoxy) is 1. The molecule has 0 radical (unpaired) electrons. The Balaban J connectivity index is 3.52. The van der Waals surface area contributed by atoms with Gasteiger partial charge in [0.25, 0.3) is 10.5 Å². The van der Waals surface area contributed by atoms with Gasteiger partial charge in [0.15, 0.2) is 0 Å². The summed E-state index contributed by atoms with van der Waals surface area (Å²) in [5.41, 5.74) is 0.190. The molecule has 0 aliphatic rings. The van der Waals surface area contributed by atoms with Crippen LogP contribution in [-0.2, 0) is 0 Å². The van der Waals surface area contributed by atoms with E-state index in [1.165, 1.54) is 19.2 Å². The zero-order valence-corrected chi connectivity index (χ0v) is 10.6. The molecule has 1 aromatic rings. The molecule has 0 spiro atoms. The van der Waals surface area contributed by atoms with Gasteiger partial charge in [-0.15, -0.1) is 0 Å². The smallest absolute Gasteiger partial charge is 0.256 e. The van der Waals surface area contributed by atoms with Crippen molar-refractivity contribution < 1.29 is 14.3 Å². The second kappa shape index (κ2) is 4.96. The largest absolute Gasteiger partial charge is 0.495 e. The molecule has 0 heterocycles. The Labute approximate surface area is 104 Å². The fraction of sp³-hybridized carbons (Fsp3) is 0.111. The Bertz CT molecular complexity index is 396. The van der Waals surface area contributed by atoms with Gasteiger partial charge in [0.1, 0.15) is 5.75 Å². The van der Waals surface area contributed by atoms with Gasteiger partial charge in [-0.3, -0.25) is 9.59 Å². The van der Waals surface area contributed by atoms with Gasteiger partial charge in [-0.2, -0.15) is 0 Å². The van der Waals surface area contributed by atoms with E-state index in [0.717, 1.165) is 0 Å². The summed E-state index contributed by atoms with van der Waals surface area (Å²) in [4.78, 5) is 22.1. The first-order valence-electron chi connectivity index (χ1n) is 3.74. The summed E-state index contributed by atoms with van der Waals surface area (Å²) >= 11 is 13.8. The minimum atomic E-state index is -0.715. The third kappa shape index (κ3) is 2.71. The quantitative estimate of drug-likeness (QED) is 0.805. The van der Waals surface area contributed by atoms with Crippen LogP contribution in [0, 0.1) is 0 Å². The molecule has 0 N–H and O–H groups in total. The Morgan fingerprint density at radius 2 is 1.60 bits per heavy atom. The maximum Gasteiger partial charge on any atom is 0.256 e. The van der Waals surface area contributed by atoms with E-state index in [2.05, 4.69) is 15.9 Å². The van der Waals surface area contributed by atoms with Crippen LogP contribution in [0.3, 0.4) is 0 Å². The molecule has 0 saturated heterocycles. The molecule has 0 fully saturated rings. The summed E-state index contributed by atoms with van der Waals surface area (Å²) in [7, 11) is 1.33. The van der Waals surface area contributed by atoms with E-state index in [9.17, 15) is 9.59 Å². The number of carbonyl (C=O) groups excluding carboxylic acids is 2. The van der Waals surface area contributed by atoms with Gasteiger partial charge in [0.2, 0.25) is 0 Å². The Morgan fingerprint density at radius 1 is 1.20 bits per heavy atom. The summed E-state index contributed by atoms with van der Waals surface area (Å²) in [5, 5.41) is -1.43. The monoisotopic (exact) mass is 310 g/mol. The lowest BCUT2D eigenvalue weighted by Crippen LogP contribution is -2.02. The first kappa shape index (κ1) is 12.5. The number of methoxy groups -OCH3 is 1. The maximum atomic E-state index is 11.1. The molecule has 0 aliphatic heterocycles. The number of carbonyl (C=O) groups is 2. The van der Waals surface area contributed by atoms with Crippen LogP contribution < -0.4 is 4.74 Å². The lowest BCUT2D eigenvalue weighted by atomic mass is 10.1. The van der Waals surface area contributed by atoms with Gasteiger partial charge in [-0.1, -0.05) is 15.9 Å². The van der Waals surface area contributed by atoms with Gasteiger partial charge >= 0.3 is 0 Å². The number of hydrogen-bond acceptors (Lipinski definition) is 3. The molecular weight excluding hydrogens is 307 g/mol. The molecule has 3 nitrogen and oxygen atoms in total. The van der Waals surface area contributed by atoms with Crippen molar-refractivity contribution in [3.8, 4) is 5.75 Å². The average molecular weight is 312 g/mol. The third-order valence-corrected chi connectivity index (χ3v) is 2.55. The zero-order chi connectivity index (χ0) is 11.6. The number of rotatable bonds is 3. The van der Waals surface area contributed by atoms with E-state index < -0.39 is 10.5 Å². The van der Waals surface area contributed by atoms with Gasteiger partial charge in [-0.25, -0.2) is 0 Å². The molecule has 0 aromatic heterocycles. The van der Waals surface area contributed by atoms with Crippen LogP contribution in [0.5, 0.6) is 5.75 Å². The predicted octanol–water partition coefficient (Wildman–Crippen LogP) is 3.22. The number of halogens is 3. The number of benzene rings is 1. The summed E-state index contributed by atoms with van der Waals surface area (Å²) in [5.74, 6) is 0.0817. The Morgan fingerprint density at radius 3 is 1.87 bits per heavy atom. The summed E-state index contributed by atoms with van der Waals surface area (Å²) in [6, 6.07) is 2.91. The molecule has 0 atom stereocenters. The fourth-order valence-electron chi connectivity index (χ4n) is 1.11. The van der Waals surface area contributed by atoms with E-state index in [1.54, 1.807) is 0 Å². The third-order valence-electron chi connectivity index (χ3n) is 1.68. The zero-order valence-electron chi connectivity index (χ0n) is 7.51. The maximum absolute atomic E-state index is 11.1. The molecule has 0 amide bonds. The van der Waals surface area contributed by atoms with Gasteiger partial charge in [-0.05, 0) is 35.3 Å². The van der Waals surface area contributed by atoms with Crippen LogP contribution in [0.15, 0.2) is 16.6 Å². The van der Waals surface area contributed by atoms with E-state index in [4.69, 9.17) is 27.9 Å². The molecular formula is C9H5BrCl2O3. The van der Waals surface area contributed by atoms with Gasteiger partial charge < -0.3 is 4.74 Å². The SMILES string of the molecule is COc1c(C(=O)Cl)cc(Br)cc1C(=O)Cl. The molecule has 0 aliphatic carbocycles. The van der Waals surface area contributed by atoms with Crippen molar-refractivity contribution in [2.45, 2.75) is 0 Å². The van der Waals surface area contributed by atoms with Crippen molar-refractivity contribution in [1.82, 2.24) is 0 Å². The normalized spacial score (nSPS) is 9.87. The second-order valence-corrected chi connectivity index (χ2v) is 4.18. The fourth-order valence-corrected chi connectivity index (χ4v) is 1.84. The molecule has 1 rings (SSSR count). The average Bonchev–Trinajstić information content (AvgIpc) is 2.16. The van der Waals surface area contributed by atoms with E-state index >= 15 is 0 Å². The van der Waals surface area contributed by atoms with E-state index in [0.29, 0.717) is 4.47 Å². The van der Waals surface area contributed by atoms with E-state index in [1.807, 2.05) is 0 Å². The molecule has 15 heavy (non-hydrogen) atoms. The molecule has 1 aromatic carbocycles. The van der Waals surface area contributed by atoms with Crippen molar-refractivity contribution in [3.05, 3.63) is 27.7 Å². The summed E-state index contributed by atoms with van der Waals surface area (Å²) in [6.45, 7) is 0. The number of hydrogen-bond donors (Lipinski definition) is 0. The molecule has 80 valence electrons. The second-order valence-electron chi connectivity index (χ2n) is 2.58. The Hall–Kier alpha value is -0.580. The Kier molecular flexibility index (Phi) is 4.13. The highest BCUT2D eigenvalue weighted by molar-refractivity contribution is 9.10. The topological polar surface area (TPSA) is 43.4 Å². The van der Waals surface area contributed by atoms with Crippen molar-refractivity contribution in [1.29, 1.82) is 0 Å². The predicted molar refractivity (Wildman–Crippen MR) is 61.1 cm³/mol. The van der Waals surface area contributed by atoms with Crippen molar-refractivity contribution in [2.75, 3.05) is 7.11 Å². The highest BCUT2D eigenvalue weighted by Crippen LogP contribution is 2.30. The van der Waals surface area contributed by atoms with Crippen molar-refractivity contribution in [3.63, 3.8) is 0 Å². The highest BCUT2D eigenvalue weighted by Gasteiger charge is 2.19. The highest BCUT2D eigenvalue weighted by atomic mass is 79.9. The lowest BCUT2D eigenvalue weighted by molar-refractivity contribution is 0.107. The standard InChI is InChI=1S/C9H5BrCl2O3/c1-15-7-5(8(11)13)2-4(10)3-6(7)9(12)14/h2-3H,1H3. The van der Waals surface area contributed by atoms with Crippen LogP contribution >= 0.6 is 39.1 Å². The molecule has 0 saturated carbocycles. The van der Waals surface area contributed by atoms with Crippen molar-refractivity contribution in [2.24, 2.45) is 0 Å². The minimum Gasteiger partial charge on any atom is -0.495 e. The van der Waals surface area contributed by atoms with Crippen LogP contribution in [0.4, 0.5) is 0 Å². The van der Waals surface area contributed by atoms with Crippen LogP contribution in [-0.4, -0.2) is 17.6 Å². The minimum absolute atomic E-state index is 0.0817. The first-order chi connectivity index (χ1) is 6.97.